The fourth-order valence-electron chi connectivity index (χ4n) is 3.61. The van der Waals surface area contributed by atoms with E-state index < -0.39 is 23.4 Å². The van der Waals surface area contributed by atoms with E-state index in [0.717, 1.165) is 24.2 Å². The summed E-state index contributed by atoms with van der Waals surface area (Å²) in [6.07, 6.45) is 3.66. The highest BCUT2D eigenvalue weighted by Gasteiger charge is 2.51. The summed E-state index contributed by atoms with van der Waals surface area (Å²) in [5.74, 6) is -0.809. The maximum atomic E-state index is 13.1. The minimum absolute atomic E-state index is 0.323. The Hall–Kier alpha value is -3.15. The van der Waals surface area contributed by atoms with Gasteiger partial charge in [0, 0.05) is 5.69 Å². The summed E-state index contributed by atoms with van der Waals surface area (Å²) in [4.78, 5) is 39.0. The number of aryl methyl sites for hydroxylation is 1. The number of rotatable bonds is 8. The Kier molecular flexibility index (Phi) is 6.32. The second-order valence-electron chi connectivity index (χ2n) is 7.30. The molecule has 0 radical (unpaired) electrons. The number of nitrogens with one attached hydrogen (secondary N) is 2. The van der Waals surface area contributed by atoms with E-state index in [9.17, 15) is 14.4 Å². The molecule has 3 rings (SSSR count). The molecule has 1 saturated heterocycles. The van der Waals surface area contributed by atoms with Crippen molar-refractivity contribution in [2.45, 2.75) is 45.1 Å². The summed E-state index contributed by atoms with van der Waals surface area (Å²) < 4.78 is 0. The molecule has 1 fully saturated rings. The predicted octanol–water partition coefficient (Wildman–Crippen LogP) is 3.83. The van der Waals surface area contributed by atoms with Crippen molar-refractivity contribution in [2.75, 3.05) is 11.9 Å². The Balaban J connectivity index is 1.67. The Morgan fingerprint density at radius 3 is 2.34 bits per heavy atom. The zero-order valence-corrected chi connectivity index (χ0v) is 16.9. The molecule has 1 aliphatic rings. The number of benzene rings is 2. The van der Waals surface area contributed by atoms with Gasteiger partial charge < -0.3 is 10.6 Å². The van der Waals surface area contributed by atoms with Crippen LogP contribution < -0.4 is 10.6 Å². The third kappa shape index (κ3) is 4.31. The molecule has 1 atom stereocenters. The molecule has 1 aliphatic heterocycles. The summed E-state index contributed by atoms with van der Waals surface area (Å²) in [5.41, 5.74) is 1.45. The van der Waals surface area contributed by atoms with Crippen molar-refractivity contribution in [3.8, 4) is 0 Å². The lowest BCUT2D eigenvalue weighted by molar-refractivity contribution is -0.134. The van der Waals surface area contributed by atoms with Gasteiger partial charge in [0.2, 0.25) is 5.91 Å². The van der Waals surface area contributed by atoms with Crippen LogP contribution in [0.3, 0.4) is 0 Å². The number of urea groups is 1. The zero-order valence-electron chi connectivity index (χ0n) is 16.9. The Morgan fingerprint density at radius 2 is 1.72 bits per heavy atom. The summed E-state index contributed by atoms with van der Waals surface area (Å²) in [5, 5.41) is 5.55. The first kappa shape index (κ1) is 20.6. The smallest absolute Gasteiger partial charge is 0.325 e. The lowest BCUT2D eigenvalue weighted by Gasteiger charge is -2.25. The average molecular weight is 393 g/mol. The van der Waals surface area contributed by atoms with Crippen LogP contribution in [0, 0.1) is 0 Å². The molecule has 2 aromatic rings. The first-order valence-electron chi connectivity index (χ1n) is 10.1. The number of anilines is 1. The van der Waals surface area contributed by atoms with Gasteiger partial charge in [-0.2, -0.15) is 0 Å². The van der Waals surface area contributed by atoms with E-state index in [0.29, 0.717) is 17.7 Å². The minimum atomic E-state index is -1.13. The van der Waals surface area contributed by atoms with Gasteiger partial charge in [0.25, 0.3) is 5.91 Å². The summed E-state index contributed by atoms with van der Waals surface area (Å²) in [7, 11) is 0. The van der Waals surface area contributed by atoms with Crippen LogP contribution in [0.2, 0.25) is 0 Å². The van der Waals surface area contributed by atoms with Crippen LogP contribution in [0.1, 0.15) is 44.2 Å². The van der Waals surface area contributed by atoms with E-state index in [1.54, 1.807) is 0 Å². The van der Waals surface area contributed by atoms with Crippen LogP contribution in [0.4, 0.5) is 10.5 Å². The highest BCUT2D eigenvalue weighted by molar-refractivity contribution is 6.10. The fourth-order valence-corrected chi connectivity index (χ4v) is 3.61. The number of imide groups is 1. The van der Waals surface area contributed by atoms with Crippen molar-refractivity contribution in [1.29, 1.82) is 0 Å². The largest absolute Gasteiger partial charge is 0.325 e. The SMILES string of the molecule is CCCCc1ccc(NC(=O)CN2C(=O)NC(CC)(c3ccccc3)C2=O)cc1. The quantitative estimate of drug-likeness (QED) is 0.669. The summed E-state index contributed by atoms with van der Waals surface area (Å²) in [6.45, 7) is 3.67. The van der Waals surface area contributed by atoms with Crippen molar-refractivity contribution >= 4 is 23.5 Å². The molecule has 152 valence electrons. The number of amides is 4. The second-order valence-corrected chi connectivity index (χ2v) is 7.30. The van der Waals surface area contributed by atoms with Crippen LogP contribution in [0.25, 0.3) is 0 Å². The predicted molar refractivity (Wildman–Crippen MR) is 112 cm³/mol. The lowest BCUT2D eigenvalue weighted by Crippen LogP contribution is -2.44. The molecular formula is C23H27N3O3. The third-order valence-electron chi connectivity index (χ3n) is 5.33. The van der Waals surface area contributed by atoms with Gasteiger partial charge in [0.05, 0.1) is 0 Å². The first-order valence-corrected chi connectivity index (χ1v) is 10.1. The maximum absolute atomic E-state index is 13.1. The Labute approximate surface area is 171 Å². The number of nitrogens with zero attached hydrogens (tertiary/aromatic N) is 1. The standard InChI is InChI=1S/C23H27N3O3/c1-3-5-9-17-12-14-19(15-13-17)24-20(27)16-26-21(28)23(4-2,25-22(26)29)18-10-7-6-8-11-18/h6-8,10-15H,3-5,9,16H2,1-2H3,(H,24,27)(H,25,29). The highest BCUT2D eigenvalue weighted by atomic mass is 16.2. The molecule has 1 unspecified atom stereocenters. The van der Waals surface area contributed by atoms with E-state index in [-0.39, 0.29) is 6.54 Å². The molecule has 0 aliphatic carbocycles. The van der Waals surface area contributed by atoms with Gasteiger partial charge in [0.1, 0.15) is 12.1 Å². The molecule has 4 amide bonds. The van der Waals surface area contributed by atoms with Crippen LogP contribution in [0.15, 0.2) is 54.6 Å². The van der Waals surface area contributed by atoms with Crippen molar-refractivity contribution in [2.24, 2.45) is 0 Å². The van der Waals surface area contributed by atoms with Crippen molar-refractivity contribution in [3.05, 3.63) is 65.7 Å². The van der Waals surface area contributed by atoms with Gasteiger partial charge in [-0.15, -0.1) is 0 Å². The molecule has 2 N–H and O–H groups in total. The number of carbonyl (C=O) groups is 3. The van der Waals surface area contributed by atoms with Crippen LogP contribution in [-0.4, -0.2) is 29.3 Å². The van der Waals surface area contributed by atoms with Gasteiger partial charge in [-0.1, -0.05) is 62.7 Å². The van der Waals surface area contributed by atoms with E-state index >= 15 is 0 Å². The zero-order chi connectivity index (χ0) is 20.9. The van der Waals surface area contributed by atoms with Crippen LogP contribution >= 0.6 is 0 Å². The Bertz CT molecular complexity index is 880. The van der Waals surface area contributed by atoms with Gasteiger partial charge in [0.15, 0.2) is 0 Å². The van der Waals surface area contributed by atoms with E-state index in [4.69, 9.17) is 0 Å². The monoisotopic (exact) mass is 393 g/mol. The van der Waals surface area contributed by atoms with Gasteiger partial charge >= 0.3 is 6.03 Å². The average Bonchev–Trinajstić information content (AvgIpc) is 2.99. The summed E-state index contributed by atoms with van der Waals surface area (Å²) >= 11 is 0. The molecule has 2 aromatic carbocycles. The Morgan fingerprint density at radius 1 is 1.03 bits per heavy atom. The number of hydrogen-bond donors (Lipinski definition) is 2. The van der Waals surface area contributed by atoms with Gasteiger partial charge in [-0.05, 0) is 42.5 Å². The molecule has 29 heavy (non-hydrogen) atoms. The molecule has 0 spiro atoms. The van der Waals surface area contributed by atoms with Crippen molar-refractivity contribution in [3.63, 3.8) is 0 Å². The van der Waals surface area contributed by atoms with Crippen molar-refractivity contribution in [1.82, 2.24) is 10.2 Å². The number of unbranched alkanes of at least 4 members (excludes halogenated alkanes) is 1. The van der Waals surface area contributed by atoms with E-state index in [2.05, 4.69) is 17.6 Å². The van der Waals surface area contributed by atoms with Gasteiger partial charge in [-0.3, -0.25) is 14.5 Å². The normalized spacial score (nSPS) is 18.6. The molecular weight excluding hydrogens is 366 g/mol. The molecule has 6 heteroatoms. The second kappa shape index (κ2) is 8.90. The number of carbonyl (C=O) groups excluding carboxylic acids is 3. The third-order valence-corrected chi connectivity index (χ3v) is 5.33. The van der Waals surface area contributed by atoms with E-state index in [1.807, 2.05) is 61.5 Å². The number of hydrogen-bond acceptors (Lipinski definition) is 3. The summed E-state index contributed by atoms with van der Waals surface area (Å²) in [6, 6.07) is 16.2. The van der Waals surface area contributed by atoms with E-state index in [1.165, 1.54) is 5.56 Å². The molecule has 1 heterocycles. The highest BCUT2D eigenvalue weighted by Crippen LogP contribution is 2.32. The molecule has 0 bridgehead atoms. The minimum Gasteiger partial charge on any atom is -0.325 e. The maximum Gasteiger partial charge on any atom is 0.325 e. The van der Waals surface area contributed by atoms with Crippen LogP contribution in [0.5, 0.6) is 0 Å². The van der Waals surface area contributed by atoms with Crippen LogP contribution in [-0.2, 0) is 21.5 Å². The van der Waals surface area contributed by atoms with Gasteiger partial charge in [-0.25, -0.2) is 4.79 Å². The van der Waals surface area contributed by atoms with Crippen molar-refractivity contribution < 1.29 is 14.4 Å². The topological polar surface area (TPSA) is 78.5 Å². The molecule has 6 nitrogen and oxygen atoms in total. The first-order chi connectivity index (χ1) is 14.0. The lowest BCUT2D eigenvalue weighted by atomic mass is 9.87. The fraction of sp³-hybridized carbons (Fsp3) is 0.348. The molecule has 0 aromatic heterocycles. The molecule has 0 saturated carbocycles.